The van der Waals surface area contributed by atoms with Crippen molar-refractivity contribution in [3.8, 4) is 11.8 Å². The molecule has 2 N–H and O–H groups in total. The number of para-hydroxylation sites is 2. The number of rotatable bonds is 13. The van der Waals surface area contributed by atoms with Crippen LogP contribution in [0.1, 0.15) is 36.0 Å². The Bertz CT molecular complexity index is 1570. The summed E-state index contributed by atoms with van der Waals surface area (Å²) in [5, 5.41) is 27.3. The molecule has 0 amide bonds. The number of hydrogen-bond donors (Lipinski definition) is 2. The molecular formula is C35H30N2O5. The SMILES string of the molecule is N#C/C(=C\c1ccc(/C=C/c2ccc(N(c3ccccc3)c3ccccc3)cc2)cc1OCCCCC(=O)O)C(=O)O. The summed E-state index contributed by atoms with van der Waals surface area (Å²) in [6.07, 6.45) is 6.19. The predicted molar refractivity (Wildman–Crippen MR) is 165 cm³/mol. The summed E-state index contributed by atoms with van der Waals surface area (Å²) in [5.41, 5.74) is 4.98. The molecule has 0 radical (unpaired) electrons. The van der Waals surface area contributed by atoms with Crippen LogP contribution in [0.3, 0.4) is 0 Å². The Kier molecular flexibility index (Phi) is 10.3. The monoisotopic (exact) mass is 558 g/mol. The third-order valence-corrected chi connectivity index (χ3v) is 6.38. The van der Waals surface area contributed by atoms with Crippen LogP contribution in [0.2, 0.25) is 0 Å². The minimum atomic E-state index is -1.32. The van der Waals surface area contributed by atoms with E-state index in [4.69, 9.17) is 9.84 Å². The predicted octanol–water partition coefficient (Wildman–Crippen LogP) is 7.95. The van der Waals surface area contributed by atoms with Crippen molar-refractivity contribution in [1.82, 2.24) is 0 Å². The Labute approximate surface area is 244 Å². The van der Waals surface area contributed by atoms with Crippen molar-refractivity contribution in [2.75, 3.05) is 11.5 Å². The number of benzene rings is 4. The van der Waals surface area contributed by atoms with Gasteiger partial charge in [-0.15, -0.1) is 0 Å². The van der Waals surface area contributed by atoms with E-state index in [-0.39, 0.29) is 13.0 Å². The summed E-state index contributed by atoms with van der Waals surface area (Å²) in [7, 11) is 0. The molecule has 42 heavy (non-hydrogen) atoms. The molecule has 0 bridgehead atoms. The molecule has 7 nitrogen and oxygen atoms in total. The fraction of sp³-hybridized carbons (Fsp3) is 0.114. The number of anilines is 3. The maximum Gasteiger partial charge on any atom is 0.346 e. The van der Waals surface area contributed by atoms with Crippen molar-refractivity contribution >= 4 is 47.2 Å². The Hall–Kier alpha value is -5.61. The number of carboxylic acid groups (broad SMARTS) is 2. The number of aliphatic carboxylic acids is 2. The Morgan fingerprint density at radius 3 is 1.90 bits per heavy atom. The lowest BCUT2D eigenvalue weighted by Crippen LogP contribution is -2.09. The van der Waals surface area contributed by atoms with E-state index in [2.05, 4.69) is 41.3 Å². The van der Waals surface area contributed by atoms with Gasteiger partial charge in [-0.25, -0.2) is 4.79 Å². The van der Waals surface area contributed by atoms with E-state index in [1.807, 2.05) is 66.7 Å². The zero-order chi connectivity index (χ0) is 29.7. The normalized spacial score (nSPS) is 11.2. The van der Waals surface area contributed by atoms with Crippen LogP contribution in [0.15, 0.2) is 109 Å². The number of carboxylic acids is 2. The van der Waals surface area contributed by atoms with Crippen molar-refractivity contribution in [2.45, 2.75) is 19.3 Å². The Morgan fingerprint density at radius 1 is 0.762 bits per heavy atom. The number of unbranched alkanes of at least 4 members (excludes halogenated alkanes) is 1. The van der Waals surface area contributed by atoms with Crippen LogP contribution in [0.25, 0.3) is 18.2 Å². The molecule has 210 valence electrons. The second-order valence-corrected chi connectivity index (χ2v) is 9.40. The van der Waals surface area contributed by atoms with Crippen LogP contribution >= 0.6 is 0 Å². The van der Waals surface area contributed by atoms with Gasteiger partial charge in [0.2, 0.25) is 0 Å². The lowest BCUT2D eigenvalue weighted by molar-refractivity contribution is -0.137. The summed E-state index contributed by atoms with van der Waals surface area (Å²) < 4.78 is 5.88. The van der Waals surface area contributed by atoms with Crippen LogP contribution in [-0.4, -0.2) is 28.8 Å². The van der Waals surface area contributed by atoms with E-state index in [1.165, 1.54) is 6.08 Å². The Balaban J connectivity index is 1.55. The molecule has 0 aliphatic rings. The van der Waals surface area contributed by atoms with Crippen molar-refractivity contribution in [2.24, 2.45) is 0 Å². The van der Waals surface area contributed by atoms with Crippen LogP contribution in [0, 0.1) is 11.3 Å². The molecule has 4 rings (SSSR count). The third-order valence-electron chi connectivity index (χ3n) is 6.38. The maximum atomic E-state index is 11.4. The number of hydrogen-bond acceptors (Lipinski definition) is 5. The van der Waals surface area contributed by atoms with E-state index in [0.717, 1.165) is 28.2 Å². The van der Waals surface area contributed by atoms with Crippen molar-refractivity contribution in [3.05, 3.63) is 125 Å². The largest absolute Gasteiger partial charge is 0.493 e. The minimum absolute atomic E-state index is 0.0454. The molecule has 0 atom stereocenters. The molecule has 0 saturated heterocycles. The molecule has 0 aliphatic carbocycles. The van der Waals surface area contributed by atoms with Gasteiger partial charge in [0.1, 0.15) is 17.4 Å². The van der Waals surface area contributed by atoms with Crippen molar-refractivity contribution in [1.29, 1.82) is 5.26 Å². The molecule has 0 spiro atoms. The summed E-state index contributed by atoms with van der Waals surface area (Å²) in [6.45, 7) is 0.261. The van der Waals surface area contributed by atoms with Gasteiger partial charge in [0.15, 0.2) is 0 Å². The highest BCUT2D eigenvalue weighted by molar-refractivity contribution is 5.97. The smallest absolute Gasteiger partial charge is 0.346 e. The van der Waals surface area contributed by atoms with Gasteiger partial charge in [0.25, 0.3) is 0 Å². The first kappa shape index (κ1) is 29.4. The van der Waals surface area contributed by atoms with Gasteiger partial charge in [-0.2, -0.15) is 5.26 Å². The molecule has 0 fully saturated rings. The number of carbonyl (C=O) groups is 2. The van der Waals surface area contributed by atoms with E-state index < -0.39 is 17.5 Å². The molecule has 0 unspecified atom stereocenters. The molecule has 0 heterocycles. The number of ether oxygens (including phenoxy) is 1. The summed E-state index contributed by atoms with van der Waals surface area (Å²) in [5.74, 6) is -1.78. The van der Waals surface area contributed by atoms with Gasteiger partial charge in [0.05, 0.1) is 6.61 Å². The van der Waals surface area contributed by atoms with E-state index >= 15 is 0 Å². The van der Waals surface area contributed by atoms with E-state index in [0.29, 0.717) is 24.2 Å². The molecule has 7 heteroatoms. The first-order valence-corrected chi connectivity index (χ1v) is 13.5. The average Bonchev–Trinajstić information content (AvgIpc) is 3.01. The van der Waals surface area contributed by atoms with Crippen molar-refractivity contribution in [3.63, 3.8) is 0 Å². The van der Waals surface area contributed by atoms with Crippen LogP contribution in [-0.2, 0) is 9.59 Å². The zero-order valence-electron chi connectivity index (χ0n) is 22.9. The standard InChI is InChI=1S/C35H30N2O5/c36-25-29(35(40)41)24-28-19-16-27(23-33(28)42-22-8-7-13-34(38)39)15-14-26-17-20-32(21-18-26)37(30-9-3-1-4-10-30)31-11-5-2-6-12-31/h1-6,9-12,14-21,23-24H,7-8,13,22H2,(H,38,39)(H,40,41)/b15-14+,29-24+. The first-order valence-electron chi connectivity index (χ1n) is 13.5. The maximum absolute atomic E-state index is 11.4. The van der Waals surface area contributed by atoms with Gasteiger partial charge >= 0.3 is 11.9 Å². The van der Waals surface area contributed by atoms with E-state index in [1.54, 1.807) is 18.2 Å². The van der Waals surface area contributed by atoms with Gasteiger partial charge < -0.3 is 19.8 Å². The minimum Gasteiger partial charge on any atom is -0.493 e. The molecular weight excluding hydrogens is 528 g/mol. The highest BCUT2D eigenvalue weighted by Crippen LogP contribution is 2.34. The van der Waals surface area contributed by atoms with Gasteiger partial charge in [-0.1, -0.05) is 72.8 Å². The van der Waals surface area contributed by atoms with E-state index in [9.17, 15) is 20.0 Å². The lowest BCUT2D eigenvalue weighted by atomic mass is 10.1. The Morgan fingerprint density at radius 2 is 1.33 bits per heavy atom. The fourth-order valence-corrected chi connectivity index (χ4v) is 4.28. The van der Waals surface area contributed by atoms with Crippen LogP contribution in [0.5, 0.6) is 5.75 Å². The lowest BCUT2D eigenvalue weighted by Gasteiger charge is -2.25. The molecule has 0 aliphatic heterocycles. The van der Waals surface area contributed by atoms with Gasteiger partial charge in [-0.3, -0.25) is 4.79 Å². The van der Waals surface area contributed by atoms with Crippen LogP contribution < -0.4 is 9.64 Å². The number of nitriles is 1. The number of nitrogens with zero attached hydrogens (tertiary/aromatic N) is 2. The van der Waals surface area contributed by atoms with Gasteiger partial charge in [0, 0.05) is 29.0 Å². The first-order chi connectivity index (χ1) is 20.4. The highest BCUT2D eigenvalue weighted by Gasteiger charge is 2.12. The van der Waals surface area contributed by atoms with Crippen LogP contribution in [0.4, 0.5) is 17.1 Å². The molecule has 0 saturated carbocycles. The van der Waals surface area contributed by atoms with Crippen molar-refractivity contribution < 1.29 is 24.5 Å². The second kappa shape index (κ2) is 14.7. The second-order valence-electron chi connectivity index (χ2n) is 9.40. The van der Waals surface area contributed by atoms with Gasteiger partial charge in [-0.05, 0) is 72.5 Å². The molecule has 4 aromatic carbocycles. The summed E-state index contributed by atoms with van der Waals surface area (Å²) in [4.78, 5) is 24.3. The summed E-state index contributed by atoms with van der Waals surface area (Å²) >= 11 is 0. The average molecular weight is 559 g/mol. The molecule has 0 aromatic heterocycles. The summed E-state index contributed by atoms with van der Waals surface area (Å²) in [6, 6.07) is 35.5. The zero-order valence-corrected chi connectivity index (χ0v) is 22.9. The third kappa shape index (κ3) is 8.20. The topological polar surface area (TPSA) is 111 Å². The quantitative estimate of drug-likeness (QED) is 0.0741. The highest BCUT2D eigenvalue weighted by atomic mass is 16.5. The fourth-order valence-electron chi connectivity index (χ4n) is 4.28. The molecule has 4 aromatic rings.